The lowest BCUT2D eigenvalue weighted by molar-refractivity contribution is 0.114. The van der Waals surface area contributed by atoms with Crippen LogP contribution < -0.4 is 10.5 Å². The van der Waals surface area contributed by atoms with E-state index in [2.05, 4.69) is 29.0 Å². The van der Waals surface area contributed by atoms with Crippen molar-refractivity contribution in [2.45, 2.75) is 6.04 Å². The van der Waals surface area contributed by atoms with Crippen LogP contribution in [0.25, 0.3) is 0 Å². The maximum Gasteiger partial charge on any atom is 0.127 e. The fourth-order valence-electron chi connectivity index (χ4n) is 3.03. The minimum atomic E-state index is -0.268. The molecule has 0 bridgehead atoms. The van der Waals surface area contributed by atoms with Crippen molar-refractivity contribution in [1.29, 1.82) is 0 Å². The maximum absolute atomic E-state index is 12.9. The molecule has 1 atom stereocenters. The third kappa shape index (κ3) is 4.12. The summed E-state index contributed by atoms with van der Waals surface area (Å²) in [5.41, 5.74) is 7.23. The van der Waals surface area contributed by atoms with Crippen molar-refractivity contribution in [3.63, 3.8) is 0 Å². The number of rotatable bonds is 5. The fraction of sp³-hybridized carbons (Fsp3) is 0.368. The molecule has 1 heterocycles. The molecule has 5 heteroatoms. The van der Waals surface area contributed by atoms with Gasteiger partial charge < -0.3 is 15.4 Å². The summed E-state index contributed by atoms with van der Waals surface area (Å²) in [4.78, 5) is 4.78. The van der Waals surface area contributed by atoms with Gasteiger partial charge in [0.25, 0.3) is 0 Å². The molecule has 1 saturated heterocycles. The molecular weight excluding hydrogens is 305 g/mol. The first kappa shape index (κ1) is 16.9. The highest BCUT2D eigenvalue weighted by atomic mass is 19.1. The van der Waals surface area contributed by atoms with Crippen molar-refractivity contribution in [3.8, 4) is 11.5 Å². The molecule has 1 aliphatic rings. The summed E-state index contributed by atoms with van der Waals surface area (Å²) in [7, 11) is 2.15. The quantitative estimate of drug-likeness (QED) is 0.916. The predicted octanol–water partition coefficient (Wildman–Crippen LogP) is 2.87. The minimum Gasteiger partial charge on any atom is -0.457 e. The first-order chi connectivity index (χ1) is 11.7. The summed E-state index contributed by atoms with van der Waals surface area (Å²) in [6.07, 6.45) is 0. The number of piperazine rings is 1. The molecule has 0 amide bonds. The molecule has 0 aromatic heterocycles. The molecule has 0 aliphatic carbocycles. The van der Waals surface area contributed by atoms with E-state index in [4.69, 9.17) is 10.5 Å². The number of nitrogens with two attached hydrogens (primary N) is 1. The molecule has 3 rings (SSSR count). The van der Waals surface area contributed by atoms with Crippen LogP contribution in [-0.2, 0) is 0 Å². The number of hydrogen-bond donors (Lipinski definition) is 1. The van der Waals surface area contributed by atoms with Crippen molar-refractivity contribution in [2.75, 3.05) is 39.8 Å². The Labute approximate surface area is 142 Å². The highest BCUT2D eigenvalue weighted by molar-refractivity contribution is 5.34. The normalized spacial score (nSPS) is 17.6. The van der Waals surface area contributed by atoms with Crippen molar-refractivity contribution in [1.82, 2.24) is 9.80 Å². The smallest absolute Gasteiger partial charge is 0.127 e. The average molecular weight is 329 g/mol. The molecule has 1 fully saturated rings. The fourth-order valence-corrected chi connectivity index (χ4v) is 3.03. The van der Waals surface area contributed by atoms with Crippen molar-refractivity contribution in [3.05, 3.63) is 59.9 Å². The monoisotopic (exact) mass is 329 g/mol. The molecule has 4 nitrogen and oxygen atoms in total. The van der Waals surface area contributed by atoms with Gasteiger partial charge in [-0.15, -0.1) is 0 Å². The standard InChI is InChI=1S/C19H24FN3O/c1-22-10-12-23(13-11-22)19(14-21)15-2-6-17(7-3-15)24-18-8-4-16(20)5-9-18/h2-9,19H,10-14,21H2,1H3. The maximum atomic E-state index is 12.9. The van der Waals surface area contributed by atoms with Gasteiger partial charge in [-0.2, -0.15) is 0 Å². The topological polar surface area (TPSA) is 41.7 Å². The van der Waals surface area contributed by atoms with Crippen LogP contribution in [0.3, 0.4) is 0 Å². The molecule has 128 valence electrons. The van der Waals surface area contributed by atoms with Crippen LogP contribution in [0.5, 0.6) is 11.5 Å². The van der Waals surface area contributed by atoms with E-state index in [9.17, 15) is 4.39 Å². The number of hydrogen-bond acceptors (Lipinski definition) is 4. The lowest BCUT2D eigenvalue weighted by atomic mass is 10.0. The van der Waals surface area contributed by atoms with Gasteiger partial charge in [-0.1, -0.05) is 12.1 Å². The van der Waals surface area contributed by atoms with Crippen molar-refractivity contribution < 1.29 is 9.13 Å². The van der Waals surface area contributed by atoms with Crippen LogP contribution in [0.2, 0.25) is 0 Å². The van der Waals surface area contributed by atoms with Gasteiger partial charge in [-0.25, -0.2) is 4.39 Å². The Balaban J connectivity index is 1.67. The number of nitrogens with zero attached hydrogens (tertiary/aromatic N) is 2. The molecule has 1 unspecified atom stereocenters. The van der Waals surface area contributed by atoms with E-state index in [0.717, 1.165) is 31.9 Å². The largest absolute Gasteiger partial charge is 0.457 e. The van der Waals surface area contributed by atoms with E-state index in [-0.39, 0.29) is 11.9 Å². The molecular formula is C19H24FN3O. The predicted molar refractivity (Wildman–Crippen MR) is 93.8 cm³/mol. The van der Waals surface area contributed by atoms with E-state index >= 15 is 0 Å². The molecule has 0 saturated carbocycles. The molecule has 2 aromatic rings. The lowest BCUT2D eigenvalue weighted by Crippen LogP contribution is -2.47. The molecule has 0 radical (unpaired) electrons. The van der Waals surface area contributed by atoms with Gasteiger partial charge in [0.1, 0.15) is 17.3 Å². The third-order valence-corrected chi connectivity index (χ3v) is 4.52. The number of halogens is 1. The summed E-state index contributed by atoms with van der Waals surface area (Å²) in [5, 5.41) is 0. The zero-order valence-corrected chi connectivity index (χ0v) is 14.0. The Morgan fingerprint density at radius 2 is 1.50 bits per heavy atom. The van der Waals surface area contributed by atoms with Gasteiger partial charge in [0.15, 0.2) is 0 Å². The van der Waals surface area contributed by atoms with Gasteiger partial charge in [-0.05, 0) is 49.0 Å². The van der Waals surface area contributed by atoms with Crippen molar-refractivity contribution >= 4 is 0 Å². The summed E-state index contributed by atoms with van der Waals surface area (Å²) in [6, 6.07) is 14.3. The van der Waals surface area contributed by atoms with Crippen LogP contribution in [0.15, 0.2) is 48.5 Å². The summed E-state index contributed by atoms with van der Waals surface area (Å²) < 4.78 is 18.7. The summed E-state index contributed by atoms with van der Waals surface area (Å²) >= 11 is 0. The Kier molecular flexibility index (Phi) is 5.45. The van der Waals surface area contributed by atoms with Crippen LogP contribution >= 0.6 is 0 Å². The van der Waals surface area contributed by atoms with E-state index in [1.807, 2.05) is 12.1 Å². The highest BCUT2D eigenvalue weighted by Crippen LogP contribution is 2.26. The second kappa shape index (κ2) is 7.75. The molecule has 0 spiro atoms. The Bertz CT molecular complexity index is 637. The molecule has 24 heavy (non-hydrogen) atoms. The second-order valence-corrected chi connectivity index (χ2v) is 6.22. The van der Waals surface area contributed by atoms with Crippen molar-refractivity contribution in [2.24, 2.45) is 5.73 Å². The summed E-state index contributed by atoms with van der Waals surface area (Å²) in [5.74, 6) is 1.09. The number of ether oxygens (including phenoxy) is 1. The second-order valence-electron chi connectivity index (χ2n) is 6.22. The molecule has 2 aromatic carbocycles. The van der Waals surface area contributed by atoms with Crippen LogP contribution in [0.1, 0.15) is 11.6 Å². The number of likely N-dealkylation sites (N-methyl/N-ethyl adjacent to an activating group) is 1. The minimum absolute atomic E-state index is 0.235. The lowest BCUT2D eigenvalue weighted by Gasteiger charge is -2.37. The Morgan fingerprint density at radius 3 is 2.04 bits per heavy atom. The van der Waals surface area contributed by atoms with Gasteiger partial charge in [0, 0.05) is 38.8 Å². The molecule has 1 aliphatic heterocycles. The molecule has 2 N–H and O–H groups in total. The van der Waals surface area contributed by atoms with Gasteiger partial charge in [0.2, 0.25) is 0 Å². The SMILES string of the molecule is CN1CCN(C(CN)c2ccc(Oc3ccc(F)cc3)cc2)CC1. The van der Waals surface area contributed by atoms with E-state index in [1.54, 1.807) is 12.1 Å². The summed E-state index contributed by atoms with van der Waals surface area (Å²) in [6.45, 7) is 4.81. The zero-order chi connectivity index (χ0) is 16.9. The van der Waals surface area contributed by atoms with Gasteiger partial charge in [-0.3, -0.25) is 4.90 Å². The highest BCUT2D eigenvalue weighted by Gasteiger charge is 2.22. The first-order valence-corrected chi connectivity index (χ1v) is 8.32. The first-order valence-electron chi connectivity index (χ1n) is 8.32. The van der Waals surface area contributed by atoms with E-state index in [0.29, 0.717) is 12.3 Å². The number of benzene rings is 2. The van der Waals surface area contributed by atoms with E-state index < -0.39 is 0 Å². The van der Waals surface area contributed by atoms with E-state index in [1.165, 1.54) is 17.7 Å². The van der Waals surface area contributed by atoms with Crippen LogP contribution in [0, 0.1) is 5.82 Å². The average Bonchev–Trinajstić information content (AvgIpc) is 2.61. The third-order valence-electron chi connectivity index (χ3n) is 4.52. The van der Waals surface area contributed by atoms with Gasteiger partial charge >= 0.3 is 0 Å². The van der Waals surface area contributed by atoms with Crippen LogP contribution in [-0.4, -0.2) is 49.6 Å². The Morgan fingerprint density at radius 1 is 0.958 bits per heavy atom. The van der Waals surface area contributed by atoms with Crippen LogP contribution in [0.4, 0.5) is 4.39 Å². The Hall–Kier alpha value is -1.95. The zero-order valence-electron chi connectivity index (χ0n) is 14.0. The van der Waals surface area contributed by atoms with Gasteiger partial charge in [0.05, 0.1) is 0 Å².